The Morgan fingerprint density at radius 1 is 1.30 bits per heavy atom. The van der Waals surface area contributed by atoms with Crippen molar-refractivity contribution in [2.24, 2.45) is 22.6 Å². The molecule has 0 aromatic carbocycles. The third-order valence-electron chi connectivity index (χ3n) is 3.67. The number of nitrogens with two attached hydrogens (primary N) is 1. The summed E-state index contributed by atoms with van der Waals surface area (Å²) in [6.45, 7) is 15.7. The van der Waals surface area contributed by atoms with E-state index < -0.39 is 0 Å². The summed E-state index contributed by atoms with van der Waals surface area (Å²) >= 11 is 0. The van der Waals surface area contributed by atoms with Gasteiger partial charge in [0.25, 0.3) is 0 Å². The predicted molar refractivity (Wildman–Crippen MR) is 87.9 cm³/mol. The Labute approximate surface area is 124 Å². The number of guanidine groups is 1. The Hall–Kier alpha value is -1.03. The summed E-state index contributed by atoms with van der Waals surface area (Å²) in [5.74, 6) is 2.23. The molecule has 0 aromatic heterocycles. The van der Waals surface area contributed by atoms with Crippen LogP contribution in [-0.2, 0) is 0 Å². The van der Waals surface area contributed by atoms with Crippen molar-refractivity contribution in [3.63, 3.8) is 0 Å². The Morgan fingerprint density at radius 3 is 2.55 bits per heavy atom. The monoisotopic (exact) mass is 280 g/mol. The van der Waals surface area contributed by atoms with Crippen LogP contribution in [0.4, 0.5) is 0 Å². The fraction of sp³-hybridized carbons (Fsp3) is 0.812. The van der Waals surface area contributed by atoms with Gasteiger partial charge in [-0.05, 0) is 44.6 Å². The minimum Gasteiger partial charge on any atom is -0.370 e. The van der Waals surface area contributed by atoms with Crippen LogP contribution in [0.15, 0.2) is 17.1 Å². The van der Waals surface area contributed by atoms with Crippen LogP contribution in [0.2, 0.25) is 0 Å². The molecule has 20 heavy (non-hydrogen) atoms. The first-order valence-electron chi connectivity index (χ1n) is 7.88. The molecule has 0 aromatic rings. The molecule has 1 heterocycles. The third-order valence-corrected chi connectivity index (χ3v) is 3.67. The number of nitrogens with one attached hydrogen (secondary N) is 1. The maximum atomic E-state index is 5.77. The molecule has 1 fully saturated rings. The van der Waals surface area contributed by atoms with E-state index in [0.29, 0.717) is 12.5 Å². The van der Waals surface area contributed by atoms with Crippen molar-refractivity contribution in [3.8, 4) is 0 Å². The van der Waals surface area contributed by atoms with Gasteiger partial charge in [0.15, 0.2) is 5.96 Å². The van der Waals surface area contributed by atoms with Crippen LogP contribution in [0.1, 0.15) is 40.0 Å². The third kappa shape index (κ3) is 7.53. The average molecular weight is 280 g/mol. The van der Waals surface area contributed by atoms with Gasteiger partial charge in [-0.15, -0.1) is 0 Å². The van der Waals surface area contributed by atoms with Gasteiger partial charge in [0.05, 0.1) is 6.54 Å². The van der Waals surface area contributed by atoms with Crippen LogP contribution in [0.3, 0.4) is 0 Å². The summed E-state index contributed by atoms with van der Waals surface area (Å²) in [7, 11) is 0. The van der Waals surface area contributed by atoms with Crippen molar-refractivity contribution in [2.45, 2.75) is 40.0 Å². The number of piperidine rings is 1. The Kier molecular flexibility index (Phi) is 7.67. The summed E-state index contributed by atoms with van der Waals surface area (Å²) in [5.41, 5.74) is 6.80. The highest BCUT2D eigenvalue weighted by molar-refractivity contribution is 5.77. The van der Waals surface area contributed by atoms with E-state index in [0.717, 1.165) is 30.4 Å². The first-order valence-corrected chi connectivity index (χ1v) is 7.88. The van der Waals surface area contributed by atoms with E-state index in [2.05, 4.69) is 35.6 Å². The molecular formula is C16H32N4. The molecule has 0 spiro atoms. The highest BCUT2D eigenvalue weighted by Crippen LogP contribution is 2.20. The number of hydrogen-bond acceptors (Lipinski definition) is 2. The lowest BCUT2D eigenvalue weighted by Gasteiger charge is -2.34. The van der Waals surface area contributed by atoms with E-state index in [1.165, 1.54) is 32.5 Å². The molecule has 2 unspecified atom stereocenters. The number of nitrogens with zero attached hydrogens (tertiary/aromatic N) is 2. The molecule has 0 bridgehead atoms. The van der Waals surface area contributed by atoms with Crippen molar-refractivity contribution < 1.29 is 0 Å². The van der Waals surface area contributed by atoms with Crippen molar-refractivity contribution in [1.29, 1.82) is 0 Å². The summed E-state index contributed by atoms with van der Waals surface area (Å²) in [6, 6.07) is 0. The first kappa shape index (κ1) is 17.0. The van der Waals surface area contributed by atoms with Gasteiger partial charge in [-0.2, -0.15) is 0 Å². The quantitative estimate of drug-likeness (QED) is 0.325. The fourth-order valence-corrected chi connectivity index (χ4v) is 2.93. The maximum absolute atomic E-state index is 5.77. The lowest BCUT2D eigenvalue weighted by atomic mass is 9.92. The van der Waals surface area contributed by atoms with E-state index >= 15 is 0 Å². The molecule has 3 N–H and O–H groups in total. The van der Waals surface area contributed by atoms with Crippen LogP contribution in [0.25, 0.3) is 0 Å². The summed E-state index contributed by atoms with van der Waals surface area (Å²) < 4.78 is 0. The van der Waals surface area contributed by atoms with Gasteiger partial charge in [-0.3, -0.25) is 0 Å². The van der Waals surface area contributed by atoms with Crippen molar-refractivity contribution >= 4 is 5.96 Å². The van der Waals surface area contributed by atoms with Crippen LogP contribution in [0, 0.1) is 11.8 Å². The van der Waals surface area contributed by atoms with E-state index in [1.54, 1.807) is 0 Å². The largest absolute Gasteiger partial charge is 0.370 e. The van der Waals surface area contributed by atoms with Gasteiger partial charge in [-0.1, -0.05) is 26.0 Å². The average Bonchev–Trinajstić information content (AvgIpc) is 2.34. The van der Waals surface area contributed by atoms with E-state index in [1.807, 2.05) is 6.92 Å². The number of rotatable bonds is 7. The molecule has 116 valence electrons. The zero-order valence-corrected chi connectivity index (χ0v) is 13.5. The molecule has 2 atom stereocenters. The second-order valence-corrected chi connectivity index (χ2v) is 6.50. The van der Waals surface area contributed by atoms with Gasteiger partial charge < -0.3 is 16.0 Å². The van der Waals surface area contributed by atoms with Crippen LogP contribution in [0.5, 0.6) is 0 Å². The van der Waals surface area contributed by atoms with E-state index in [9.17, 15) is 0 Å². The minimum atomic E-state index is 0.535. The second kappa shape index (κ2) is 9.01. The van der Waals surface area contributed by atoms with Crippen molar-refractivity contribution in [3.05, 3.63) is 12.2 Å². The molecule has 0 aliphatic carbocycles. The van der Waals surface area contributed by atoms with Gasteiger partial charge in [-0.25, -0.2) is 4.99 Å². The molecule has 4 heteroatoms. The smallest absolute Gasteiger partial charge is 0.188 e. The lowest BCUT2D eigenvalue weighted by Crippen LogP contribution is -2.39. The number of unbranched alkanes of at least 4 members (excludes halogenated alkanes) is 1. The SMILES string of the molecule is C=C(C)CN=C(N)NCCCCN1CC(C)CC(C)C1. The highest BCUT2D eigenvalue weighted by Gasteiger charge is 2.20. The number of aliphatic imine (C=N–C) groups is 1. The highest BCUT2D eigenvalue weighted by atomic mass is 15.1. The Bertz CT molecular complexity index is 314. The normalized spacial score (nSPS) is 24.6. The summed E-state index contributed by atoms with van der Waals surface area (Å²) in [6.07, 6.45) is 3.75. The lowest BCUT2D eigenvalue weighted by molar-refractivity contribution is 0.139. The minimum absolute atomic E-state index is 0.535. The molecule has 0 saturated carbocycles. The van der Waals surface area contributed by atoms with Crippen LogP contribution < -0.4 is 11.1 Å². The molecule has 0 amide bonds. The van der Waals surface area contributed by atoms with Gasteiger partial charge in [0.1, 0.15) is 0 Å². The van der Waals surface area contributed by atoms with E-state index in [-0.39, 0.29) is 0 Å². The van der Waals surface area contributed by atoms with Gasteiger partial charge in [0.2, 0.25) is 0 Å². The standard InChI is InChI=1S/C16H32N4/c1-13(2)10-19-16(17)18-7-5-6-8-20-11-14(3)9-15(4)12-20/h14-15H,1,5-12H2,2-4H3,(H3,17,18,19). The molecule has 1 aliphatic heterocycles. The maximum Gasteiger partial charge on any atom is 0.188 e. The molecule has 1 rings (SSSR count). The van der Waals surface area contributed by atoms with Crippen molar-refractivity contribution in [1.82, 2.24) is 10.2 Å². The molecule has 1 aliphatic rings. The van der Waals surface area contributed by atoms with Crippen LogP contribution in [-0.4, -0.2) is 43.6 Å². The molecular weight excluding hydrogens is 248 g/mol. The molecule has 1 saturated heterocycles. The zero-order chi connectivity index (χ0) is 15.0. The van der Waals surface area contributed by atoms with E-state index in [4.69, 9.17) is 5.73 Å². The Morgan fingerprint density at radius 2 is 1.95 bits per heavy atom. The molecule has 4 nitrogen and oxygen atoms in total. The second-order valence-electron chi connectivity index (χ2n) is 6.50. The summed E-state index contributed by atoms with van der Waals surface area (Å²) in [4.78, 5) is 6.81. The predicted octanol–water partition coefficient (Wildman–Crippen LogP) is 2.22. The van der Waals surface area contributed by atoms with Crippen LogP contribution >= 0.6 is 0 Å². The zero-order valence-electron chi connectivity index (χ0n) is 13.5. The first-order chi connectivity index (χ1) is 9.47. The summed E-state index contributed by atoms with van der Waals surface area (Å²) in [5, 5.41) is 3.16. The fourth-order valence-electron chi connectivity index (χ4n) is 2.93. The number of likely N-dealkylation sites (tertiary alicyclic amines) is 1. The van der Waals surface area contributed by atoms with Gasteiger partial charge >= 0.3 is 0 Å². The number of hydrogen-bond donors (Lipinski definition) is 2. The Balaban J connectivity index is 2.07. The topological polar surface area (TPSA) is 53.6 Å². The van der Waals surface area contributed by atoms with Gasteiger partial charge in [0, 0.05) is 19.6 Å². The molecule has 0 radical (unpaired) electrons. The van der Waals surface area contributed by atoms with Crippen molar-refractivity contribution in [2.75, 3.05) is 32.7 Å².